The lowest BCUT2D eigenvalue weighted by Crippen LogP contribution is -2.40. The molecular formula is C16H29N3O. The molecule has 0 amide bonds. The molecule has 114 valence electrons. The summed E-state index contributed by atoms with van der Waals surface area (Å²) in [6, 6.07) is 3.04. The van der Waals surface area contributed by atoms with Crippen molar-refractivity contribution in [2.45, 2.75) is 71.5 Å². The molecule has 0 saturated heterocycles. The lowest BCUT2D eigenvalue weighted by Gasteiger charge is -2.31. The zero-order valence-electron chi connectivity index (χ0n) is 13.1. The van der Waals surface area contributed by atoms with Crippen molar-refractivity contribution < 1.29 is 5.11 Å². The lowest BCUT2D eigenvalue weighted by molar-refractivity contribution is 0.196. The second kappa shape index (κ2) is 6.72. The largest absolute Gasteiger partial charge is 0.396 e. The van der Waals surface area contributed by atoms with Gasteiger partial charge in [0.25, 0.3) is 0 Å². The molecule has 2 N–H and O–H groups in total. The summed E-state index contributed by atoms with van der Waals surface area (Å²) in [6.45, 7) is 7.62. The van der Waals surface area contributed by atoms with E-state index in [2.05, 4.69) is 43.0 Å². The molecule has 0 aliphatic heterocycles. The van der Waals surface area contributed by atoms with Gasteiger partial charge in [-0.3, -0.25) is 4.68 Å². The fourth-order valence-corrected chi connectivity index (χ4v) is 3.04. The Morgan fingerprint density at radius 3 is 2.70 bits per heavy atom. The second-order valence-corrected chi connectivity index (χ2v) is 7.04. The number of nitrogens with one attached hydrogen (secondary N) is 1. The van der Waals surface area contributed by atoms with Gasteiger partial charge in [0.15, 0.2) is 0 Å². The first-order valence-electron chi connectivity index (χ1n) is 7.89. The van der Waals surface area contributed by atoms with Crippen molar-refractivity contribution in [3.63, 3.8) is 0 Å². The van der Waals surface area contributed by atoms with Crippen LogP contribution >= 0.6 is 0 Å². The molecule has 20 heavy (non-hydrogen) atoms. The van der Waals surface area contributed by atoms with Gasteiger partial charge in [-0.05, 0) is 30.7 Å². The number of rotatable bonds is 6. The van der Waals surface area contributed by atoms with Gasteiger partial charge in [-0.2, -0.15) is 5.10 Å². The van der Waals surface area contributed by atoms with E-state index in [0.717, 1.165) is 18.7 Å². The van der Waals surface area contributed by atoms with E-state index >= 15 is 0 Å². The Balaban J connectivity index is 1.89. The molecule has 1 unspecified atom stereocenters. The molecule has 1 aromatic heterocycles. The monoisotopic (exact) mass is 279 g/mol. The van der Waals surface area contributed by atoms with E-state index in [-0.39, 0.29) is 12.0 Å². The fraction of sp³-hybridized carbons (Fsp3) is 0.812. The third-order valence-corrected chi connectivity index (χ3v) is 4.36. The van der Waals surface area contributed by atoms with Gasteiger partial charge >= 0.3 is 0 Å². The molecule has 1 fully saturated rings. The van der Waals surface area contributed by atoms with Crippen LogP contribution in [0.3, 0.4) is 0 Å². The van der Waals surface area contributed by atoms with Crippen molar-refractivity contribution in [1.29, 1.82) is 0 Å². The zero-order valence-corrected chi connectivity index (χ0v) is 13.1. The first kappa shape index (κ1) is 15.5. The van der Waals surface area contributed by atoms with E-state index in [1.54, 1.807) is 0 Å². The minimum atomic E-state index is 0.150. The quantitative estimate of drug-likeness (QED) is 0.842. The minimum Gasteiger partial charge on any atom is -0.396 e. The van der Waals surface area contributed by atoms with Crippen molar-refractivity contribution in [2.24, 2.45) is 5.41 Å². The molecule has 1 saturated carbocycles. The average Bonchev–Trinajstić information content (AvgIpc) is 3.03. The minimum absolute atomic E-state index is 0.150. The van der Waals surface area contributed by atoms with E-state index in [1.807, 2.05) is 0 Å². The van der Waals surface area contributed by atoms with Gasteiger partial charge in [0.1, 0.15) is 0 Å². The van der Waals surface area contributed by atoms with Crippen LogP contribution in [0.4, 0.5) is 0 Å². The summed E-state index contributed by atoms with van der Waals surface area (Å²) in [5.41, 5.74) is 1.25. The van der Waals surface area contributed by atoms with Crippen molar-refractivity contribution in [3.8, 4) is 0 Å². The molecule has 2 rings (SSSR count). The van der Waals surface area contributed by atoms with Gasteiger partial charge < -0.3 is 10.4 Å². The Morgan fingerprint density at radius 2 is 2.10 bits per heavy atom. The van der Waals surface area contributed by atoms with Crippen molar-refractivity contribution in [3.05, 3.63) is 18.0 Å². The number of nitrogens with zero attached hydrogens (tertiary/aromatic N) is 2. The topological polar surface area (TPSA) is 50.1 Å². The van der Waals surface area contributed by atoms with E-state index in [9.17, 15) is 5.11 Å². The summed E-state index contributed by atoms with van der Waals surface area (Å²) >= 11 is 0. The van der Waals surface area contributed by atoms with E-state index in [0.29, 0.717) is 12.1 Å². The third kappa shape index (κ3) is 4.06. The highest BCUT2D eigenvalue weighted by atomic mass is 16.3. The van der Waals surface area contributed by atoms with Crippen LogP contribution in [0.1, 0.15) is 64.6 Å². The Labute approximate surface area is 122 Å². The van der Waals surface area contributed by atoms with Crippen molar-refractivity contribution in [2.75, 3.05) is 6.61 Å². The summed E-state index contributed by atoms with van der Waals surface area (Å²) in [5.74, 6) is 0. The van der Waals surface area contributed by atoms with Gasteiger partial charge in [0, 0.05) is 25.4 Å². The van der Waals surface area contributed by atoms with E-state index < -0.39 is 0 Å². The number of hydrogen-bond acceptors (Lipinski definition) is 3. The van der Waals surface area contributed by atoms with E-state index in [4.69, 9.17) is 5.10 Å². The van der Waals surface area contributed by atoms with Gasteiger partial charge in [-0.15, -0.1) is 0 Å². The normalized spacial score (nSPS) is 18.6. The first-order chi connectivity index (χ1) is 9.50. The summed E-state index contributed by atoms with van der Waals surface area (Å²) in [7, 11) is 0. The molecule has 0 bridgehead atoms. The SMILES string of the molecule is CC(C)(C)C(CCO)NCc1ccn(C2CCCC2)n1. The Kier molecular flexibility index (Phi) is 5.22. The van der Waals surface area contributed by atoms with Gasteiger partial charge in [0.2, 0.25) is 0 Å². The first-order valence-corrected chi connectivity index (χ1v) is 7.89. The summed E-state index contributed by atoms with van der Waals surface area (Å²) < 4.78 is 2.14. The highest BCUT2D eigenvalue weighted by Crippen LogP contribution is 2.28. The van der Waals surface area contributed by atoms with Crippen LogP contribution in [-0.2, 0) is 6.54 Å². The van der Waals surface area contributed by atoms with Crippen molar-refractivity contribution >= 4 is 0 Å². The molecule has 0 radical (unpaired) electrons. The van der Waals surface area contributed by atoms with Crippen LogP contribution in [0.25, 0.3) is 0 Å². The maximum absolute atomic E-state index is 9.19. The maximum Gasteiger partial charge on any atom is 0.0762 e. The zero-order chi connectivity index (χ0) is 14.6. The summed E-state index contributed by atoms with van der Waals surface area (Å²) in [4.78, 5) is 0. The molecule has 0 aromatic carbocycles. The number of hydrogen-bond donors (Lipinski definition) is 2. The Morgan fingerprint density at radius 1 is 1.40 bits per heavy atom. The highest BCUT2D eigenvalue weighted by Gasteiger charge is 2.24. The molecule has 1 aliphatic rings. The number of aliphatic hydroxyl groups excluding tert-OH is 1. The number of aromatic nitrogens is 2. The van der Waals surface area contributed by atoms with Crippen LogP contribution in [0, 0.1) is 5.41 Å². The second-order valence-electron chi connectivity index (χ2n) is 7.04. The smallest absolute Gasteiger partial charge is 0.0762 e. The number of aliphatic hydroxyl groups is 1. The highest BCUT2D eigenvalue weighted by molar-refractivity contribution is 5.00. The summed E-state index contributed by atoms with van der Waals surface area (Å²) in [5, 5.41) is 17.4. The average molecular weight is 279 g/mol. The molecule has 4 nitrogen and oxygen atoms in total. The van der Waals surface area contributed by atoms with Crippen LogP contribution in [-0.4, -0.2) is 27.5 Å². The fourth-order valence-electron chi connectivity index (χ4n) is 3.04. The predicted molar refractivity (Wildman–Crippen MR) is 81.5 cm³/mol. The molecule has 1 aliphatic carbocycles. The Hall–Kier alpha value is -0.870. The van der Waals surface area contributed by atoms with Crippen molar-refractivity contribution in [1.82, 2.24) is 15.1 Å². The molecule has 4 heteroatoms. The lowest BCUT2D eigenvalue weighted by atomic mass is 9.85. The van der Waals surface area contributed by atoms with Gasteiger partial charge in [-0.1, -0.05) is 33.6 Å². The van der Waals surface area contributed by atoms with Crippen LogP contribution in [0.2, 0.25) is 0 Å². The summed E-state index contributed by atoms with van der Waals surface area (Å²) in [6.07, 6.45) is 8.10. The molecule has 1 atom stereocenters. The molecule has 1 aromatic rings. The predicted octanol–water partition coefficient (Wildman–Crippen LogP) is 2.88. The third-order valence-electron chi connectivity index (χ3n) is 4.36. The molecule has 0 spiro atoms. The van der Waals surface area contributed by atoms with E-state index in [1.165, 1.54) is 25.7 Å². The van der Waals surface area contributed by atoms with Crippen LogP contribution < -0.4 is 5.32 Å². The molecule has 1 heterocycles. The standard InChI is InChI=1S/C16H29N3O/c1-16(2,3)15(9-11-20)17-12-13-8-10-19(18-13)14-6-4-5-7-14/h8,10,14-15,17,20H,4-7,9,11-12H2,1-3H3. The van der Waals surface area contributed by atoms with Crippen LogP contribution in [0.15, 0.2) is 12.3 Å². The van der Waals surface area contributed by atoms with Gasteiger partial charge in [-0.25, -0.2) is 0 Å². The van der Waals surface area contributed by atoms with Gasteiger partial charge in [0.05, 0.1) is 11.7 Å². The van der Waals surface area contributed by atoms with Crippen LogP contribution in [0.5, 0.6) is 0 Å². The Bertz CT molecular complexity index is 402. The maximum atomic E-state index is 9.19. The molecular weight excluding hydrogens is 250 g/mol.